The number of aromatic nitrogens is 1. The van der Waals surface area contributed by atoms with Gasteiger partial charge in [0, 0.05) is 25.7 Å². The molecule has 2 heterocycles. The first kappa shape index (κ1) is 16.8. The van der Waals surface area contributed by atoms with E-state index < -0.39 is 0 Å². The number of nitrogens with zero attached hydrogens (tertiary/aromatic N) is 3. The zero-order chi connectivity index (χ0) is 18.1. The van der Waals surface area contributed by atoms with E-state index in [4.69, 9.17) is 0 Å². The molecular weight excluding hydrogens is 326 g/mol. The summed E-state index contributed by atoms with van der Waals surface area (Å²) < 4.78 is 0. The van der Waals surface area contributed by atoms with Crippen LogP contribution in [0.1, 0.15) is 40.0 Å². The van der Waals surface area contributed by atoms with Crippen molar-refractivity contribution in [3.05, 3.63) is 65.0 Å². The number of hydrazine groups is 1. The molecule has 0 N–H and O–H groups in total. The molecule has 0 spiro atoms. The minimum atomic E-state index is -0.129. The Morgan fingerprint density at radius 2 is 1.73 bits per heavy atom. The summed E-state index contributed by atoms with van der Waals surface area (Å²) in [4.78, 5) is 30.0. The van der Waals surface area contributed by atoms with Gasteiger partial charge in [0.15, 0.2) is 0 Å². The Morgan fingerprint density at radius 3 is 2.42 bits per heavy atom. The smallest absolute Gasteiger partial charge is 0.273 e. The SMILES string of the molecule is Cc1ncccc1C(=O)N1CCCN1C(=O)CC1Cc2ccccc2C1. The van der Waals surface area contributed by atoms with E-state index in [1.165, 1.54) is 11.1 Å². The highest BCUT2D eigenvalue weighted by molar-refractivity contribution is 5.96. The van der Waals surface area contributed by atoms with E-state index >= 15 is 0 Å². The lowest BCUT2D eigenvalue weighted by atomic mass is 10.0. The number of benzene rings is 1. The summed E-state index contributed by atoms with van der Waals surface area (Å²) in [5, 5.41) is 3.26. The van der Waals surface area contributed by atoms with Gasteiger partial charge in [0.25, 0.3) is 5.91 Å². The Balaban J connectivity index is 1.44. The molecule has 26 heavy (non-hydrogen) atoms. The quantitative estimate of drug-likeness (QED) is 0.856. The summed E-state index contributed by atoms with van der Waals surface area (Å²) in [6.07, 6.45) is 4.89. The molecule has 5 nitrogen and oxygen atoms in total. The van der Waals surface area contributed by atoms with Crippen LogP contribution in [0.3, 0.4) is 0 Å². The molecule has 134 valence electrons. The summed E-state index contributed by atoms with van der Waals surface area (Å²) in [6, 6.07) is 11.9. The van der Waals surface area contributed by atoms with Crippen LogP contribution in [0.2, 0.25) is 0 Å². The van der Waals surface area contributed by atoms with Crippen molar-refractivity contribution >= 4 is 11.8 Å². The Morgan fingerprint density at radius 1 is 1.04 bits per heavy atom. The van der Waals surface area contributed by atoms with Crippen molar-refractivity contribution in [1.29, 1.82) is 0 Å². The minimum absolute atomic E-state index is 0.0511. The van der Waals surface area contributed by atoms with Crippen LogP contribution in [0.15, 0.2) is 42.6 Å². The summed E-state index contributed by atoms with van der Waals surface area (Å²) in [7, 11) is 0. The second-order valence-corrected chi connectivity index (χ2v) is 7.18. The molecule has 2 aromatic rings. The van der Waals surface area contributed by atoms with Crippen molar-refractivity contribution in [1.82, 2.24) is 15.0 Å². The normalized spacial score (nSPS) is 16.8. The fourth-order valence-electron chi connectivity index (χ4n) is 4.08. The maximum Gasteiger partial charge on any atom is 0.274 e. The van der Waals surface area contributed by atoms with Gasteiger partial charge in [-0.2, -0.15) is 0 Å². The molecule has 2 amide bonds. The lowest BCUT2D eigenvalue weighted by Crippen LogP contribution is -2.45. The van der Waals surface area contributed by atoms with Crippen LogP contribution < -0.4 is 0 Å². The van der Waals surface area contributed by atoms with Crippen LogP contribution in [-0.2, 0) is 17.6 Å². The molecule has 1 aliphatic heterocycles. The van der Waals surface area contributed by atoms with E-state index in [1.54, 1.807) is 28.3 Å². The largest absolute Gasteiger partial charge is 0.274 e. The molecule has 1 aromatic carbocycles. The molecule has 2 aliphatic rings. The highest BCUT2D eigenvalue weighted by atomic mass is 16.2. The fraction of sp³-hybridized carbons (Fsp3) is 0.381. The van der Waals surface area contributed by atoms with Gasteiger partial charge in [0.2, 0.25) is 5.91 Å². The molecule has 1 saturated heterocycles. The van der Waals surface area contributed by atoms with Gasteiger partial charge >= 0.3 is 0 Å². The standard InChI is InChI=1S/C21H23N3O2/c1-15-19(8-4-9-22-15)21(26)24-11-5-10-23(24)20(25)14-16-12-17-6-2-3-7-18(17)13-16/h2-4,6-9,16H,5,10-14H2,1H3. The van der Waals surface area contributed by atoms with Gasteiger partial charge in [-0.1, -0.05) is 24.3 Å². The van der Waals surface area contributed by atoms with Crippen LogP contribution in [0.4, 0.5) is 0 Å². The second-order valence-electron chi connectivity index (χ2n) is 7.18. The van der Waals surface area contributed by atoms with E-state index in [9.17, 15) is 9.59 Å². The highest BCUT2D eigenvalue weighted by Gasteiger charge is 2.34. The lowest BCUT2D eigenvalue weighted by Gasteiger charge is -2.29. The van der Waals surface area contributed by atoms with E-state index in [0.29, 0.717) is 36.7 Å². The maximum atomic E-state index is 12.9. The number of fused-ring (bicyclic) bond motifs is 1. The van der Waals surface area contributed by atoms with Crippen molar-refractivity contribution in [2.45, 2.75) is 32.6 Å². The lowest BCUT2D eigenvalue weighted by molar-refractivity contribution is -0.141. The van der Waals surface area contributed by atoms with Crippen LogP contribution in [0.5, 0.6) is 0 Å². The fourth-order valence-corrected chi connectivity index (χ4v) is 4.08. The molecule has 0 atom stereocenters. The Kier molecular flexibility index (Phi) is 4.45. The van der Waals surface area contributed by atoms with Crippen LogP contribution in [-0.4, -0.2) is 39.9 Å². The number of hydrogen-bond donors (Lipinski definition) is 0. The molecule has 1 aromatic heterocycles. The van der Waals surface area contributed by atoms with Crippen LogP contribution in [0, 0.1) is 12.8 Å². The zero-order valence-electron chi connectivity index (χ0n) is 15.0. The van der Waals surface area contributed by atoms with E-state index in [1.807, 2.05) is 6.92 Å². The number of hydrogen-bond acceptors (Lipinski definition) is 3. The van der Waals surface area contributed by atoms with Crippen molar-refractivity contribution in [3.8, 4) is 0 Å². The van der Waals surface area contributed by atoms with Gasteiger partial charge in [-0.25, -0.2) is 5.01 Å². The van der Waals surface area contributed by atoms with Crippen molar-refractivity contribution in [2.24, 2.45) is 5.92 Å². The Bertz CT molecular complexity index is 824. The van der Waals surface area contributed by atoms with E-state index in [2.05, 4.69) is 29.2 Å². The third-order valence-corrected chi connectivity index (χ3v) is 5.39. The molecule has 4 rings (SSSR count). The molecule has 5 heteroatoms. The Labute approximate surface area is 153 Å². The monoisotopic (exact) mass is 349 g/mol. The zero-order valence-corrected chi connectivity index (χ0v) is 15.0. The number of amides is 2. The molecule has 0 unspecified atom stereocenters. The predicted molar refractivity (Wildman–Crippen MR) is 98.3 cm³/mol. The Hall–Kier alpha value is -2.69. The molecule has 0 bridgehead atoms. The number of aryl methyl sites for hydroxylation is 1. The van der Waals surface area contributed by atoms with Crippen LogP contribution in [0.25, 0.3) is 0 Å². The highest BCUT2D eigenvalue weighted by Crippen LogP contribution is 2.29. The van der Waals surface area contributed by atoms with Gasteiger partial charge in [-0.3, -0.25) is 19.6 Å². The van der Waals surface area contributed by atoms with Crippen molar-refractivity contribution in [2.75, 3.05) is 13.1 Å². The molecule has 1 aliphatic carbocycles. The summed E-state index contributed by atoms with van der Waals surface area (Å²) >= 11 is 0. The molecular formula is C21H23N3O2. The van der Waals surface area contributed by atoms with E-state index in [-0.39, 0.29) is 11.8 Å². The van der Waals surface area contributed by atoms with Crippen molar-refractivity contribution in [3.63, 3.8) is 0 Å². The van der Waals surface area contributed by atoms with Gasteiger partial charge in [0.05, 0.1) is 11.3 Å². The second kappa shape index (κ2) is 6.90. The van der Waals surface area contributed by atoms with Crippen LogP contribution >= 0.6 is 0 Å². The molecule has 0 radical (unpaired) electrons. The number of carbonyl (C=O) groups excluding carboxylic acids is 2. The molecule has 1 fully saturated rings. The van der Waals surface area contributed by atoms with Gasteiger partial charge < -0.3 is 0 Å². The third-order valence-electron chi connectivity index (χ3n) is 5.39. The van der Waals surface area contributed by atoms with Crippen molar-refractivity contribution < 1.29 is 9.59 Å². The predicted octanol–water partition coefficient (Wildman–Crippen LogP) is 2.78. The first-order chi connectivity index (χ1) is 12.6. The maximum absolute atomic E-state index is 12.9. The summed E-state index contributed by atoms with van der Waals surface area (Å²) in [5.41, 5.74) is 3.97. The minimum Gasteiger partial charge on any atom is -0.273 e. The summed E-state index contributed by atoms with van der Waals surface area (Å²) in [5.74, 6) is 0.254. The average Bonchev–Trinajstić information content (AvgIpc) is 3.28. The average molecular weight is 349 g/mol. The first-order valence-corrected chi connectivity index (χ1v) is 9.24. The summed E-state index contributed by atoms with van der Waals surface area (Å²) in [6.45, 7) is 3.03. The topological polar surface area (TPSA) is 53.5 Å². The van der Waals surface area contributed by atoms with Gasteiger partial charge in [-0.15, -0.1) is 0 Å². The third kappa shape index (κ3) is 3.09. The number of pyridine rings is 1. The number of rotatable bonds is 3. The van der Waals surface area contributed by atoms with E-state index in [0.717, 1.165) is 19.3 Å². The first-order valence-electron chi connectivity index (χ1n) is 9.24. The van der Waals surface area contributed by atoms with Gasteiger partial charge in [-0.05, 0) is 55.4 Å². The molecule has 0 saturated carbocycles. The number of carbonyl (C=O) groups is 2. The van der Waals surface area contributed by atoms with Gasteiger partial charge in [0.1, 0.15) is 0 Å².